The summed E-state index contributed by atoms with van der Waals surface area (Å²) in [6, 6.07) is 0. The lowest BCUT2D eigenvalue weighted by molar-refractivity contribution is 0.448. The summed E-state index contributed by atoms with van der Waals surface area (Å²) in [5, 5.41) is 0. The van der Waals surface area contributed by atoms with Gasteiger partial charge in [0.05, 0.1) is 0 Å². The second kappa shape index (κ2) is 3.04. The van der Waals surface area contributed by atoms with E-state index in [0.29, 0.717) is 12.3 Å². The van der Waals surface area contributed by atoms with E-state index in [0.717, 1.165) is 5.57 Å². The van der Waals surface area contributed by atoms with Crippen molar-refractivity contribution in [3.63, 3.8) is 0 Å². The number of allylic oxidation sites excluding steroid dienone is 4. The molecule has 0 aliphatic heterocycles. The molecule has 1 aliphatic carbocycles. The van der Waals surface area contributed by atoms with E-state index in [1.165, 1.54) is 0 Å². The quantitative estimate of drug-likeness (QED) is 0.515. The molecule has 1 atom stereocenters. The van der Waals surface area contributed by atoms with Crippen molar-refractivity contribution in [2.45, 2.75) is 34.1 Å². The Morgan fingerprint density at radius 2 is 2.00 bits per heavy atom. The summed E-state index contributed by atoms with van der Waals surface area (Å²) < 4.78 is 13.4. The smallest absolute Gasteiger partial charge is 0.104 e. The van der Waals surface area contributed by atoms with Crippen molar-refractivity contribution in [1.29, 1.82) is 0 Å². The van der Waals surface area contributed by atoms with Gasteiger partial charge in [-0.2, -0.15) is 0 Å². The molecular formula is C11H17F. The summed E-state index contributed by atoms with van der Waals surface area (Å²) in [6.45, 7) is 8.17. The zero-order chi connectivity index (χ0) is 9.35. The molecule has 1 aliphatic rings. The molecule has 68 valence electrons. The van der Waals surface area contributed by atoms with Crippen LogP contribution in [0.5, 0.6) is 0 Å². The Kier molecular flexibility index (Phi) is 2.41. The van der Waals surface area contributed by atoms with Gasteiger partial charge in [0.2, 0.25) is 0 Å². The number of hydrogen-bond acceptors (Lipinski definition) is 0. The van der Waals surface area contributed by atoms with Crippen molar-refractivity contribution in [3.05, 3.63) is 23.6 Å². The minimum Gasteiger partial charge on any atom is -0.211 e. The lowest BCUT2D eigenvalue weighted by atomic mass is 9.81. The largest absolute Gasteiger partial charge is 0.211 e. The van der Waals surface area contributed by atoms with E-state index in [1.807, 2.05) is 33.8 Å². The van der Waals surface area contributed by atoms with Gasteiger partial charge in [-0.05, 0) is 16.9 Å². The number of hydrogen-bond donors (Lipinski definition) is 0. The summed E-state index contributed by atoms with van der Waals surface area (Å²) in [6.07, 6.45) is 4.59. The van der Waals surface area contributed by atoms with Gasteiger partial charge in [0, 0.05) is 6.42 Å². The third-order valence-corrected chi connectivity index (χ3v) is 2.19. The normalized spacial score (nSPS) is 24.9. The SMILES string of the molecule is CC1C=CC(C(C)(C)C)=C(F)C1. The van der Waals surface area contributed by atoms with Crippen LogP contribution in [0.15, 0.2) is 23.6 Å². The topological polar surface area (TPSA) is 0 Å². The van der Waals surface area contributed by atoms with Crippen LogP contribution in [-0.4, -0.2) is 0 Å². The first-order valence-electron chi connectivity index (χ1n) is 4.48. The van der Waals surface area contributed by atoms with Gasteiger partial charge in [-0.3, -0.25) is 0 Å². The summed E-state index contributed by atoms with van der Waals surface area (Å²) in [7, 11) is 0. The highest BCUT2D eigenvalue weighted by Crippen LogP contribution is 2.35. The molecule has 0 radical (unpaired) electrons. The van der Waals surface area contributed by atoms with Crippen molar-refractivity contribution in [2.75, 3.05) is 0 Å². The van der Waals surface area contributed by atoms with Crippen molar-refractivity contribution in [2.24, 2.45) is 11.3 Å². The minimum absolute atomic E-state index is 0.0548. The fourth-order valence-corrected chi connectivity index (χ4v) is 1.47. The van der Waals surface area contributed by atoms with E-state index in [4.69, 9.17) is 0 Å². The van der Waals surface area contributed by atoms with Crippen LogP contribution in [0.2, 0.25) is 0 Å². The Balaban J connectivity index is 2.92. The van der Waals surface area contributed by atoms with E-state index in [9.17, 15) is 4.39 Å². The minimum atomic E-state index is -0.0548. The zero-order valence-electron chi connectivity index (χ0n) is 8.32. The Hall–Kier alpha value is -0.590. The van der Waals surface area contributed by atoms with Crippen molar-refractivity contribution in [1.82, 2.24) is 0 Å². The standard InChI is InChI=1S/C11H17F/c1-8-5-6-9(10(12)7-8)11(2,3)4/h5-6,8H,7H2,1-4H3. The highest BCUT2D eigenvalue weighted by atomic mass is 19.1. The summed E-state index contributed by atoms with van der Waals surface area (Å²) in [5.41, 5.74) is 0.807. The molecular weight excluding hydrogens is 151 g/mol. The third-order valence-electron chi connectivity index (χ3n) is 2.19. The van der Waals surface area contributed by atoms with E-state index < -0.39 is 0 Å². The predicted molar refractivity (Wildman–Crippen MR) is 50.5 cm³/mol. The molecule has 12 heavy (non-hydrogen) atoms. The van der Waals surface area contributed by atoms with Crippen LogP contribution in [0.3, 0.4) is 0 Å². The van der Waals surface area contributed by atoms with Gasteiger partial charge in [-0.15, -0.1) is 0 Å². The predicted octanol–water partition coefficient (Wildman–Crippen LogP) is 3.85. The zero-order valence-corrected chi connectivity index (χ0v) is 8.32. The third kappa shape index (κ3) is 1.96. The number of rotatable bonds is 0. The Morgan fingerprint density at radius 1 is 1.42 bits per heavy atom. The maximum atomic E-state index is 13.4. The van der Waals surface area contributed by atoms with E-state index in [-0.39, 0.29) is 11.2 Å². The highest BCUT2D eigenvalue weighted by molar-refractivity contribution is 5.31. The number of halogens is 1. The molecule has 0 heterocycles. The molecule has 0 aromatic heterocycles. The van der Waals surface area contributed by atoms with Gasteiger partial charge in [0.15, 0.2) is 0 Å². The molecule has 0 N–H and O–H groups in total. The monoisotopic (exact) mass is 168 g/mol. The van der Waals surface area contributed by atoms with E-state index in [2.05, 4.69) is 6.08 Å². The van der Waals surface area contributed by atoms with Crippen LogP contribution >= 0.6 is 0 Å². The average molecular weight is 168 g/mol. The molecule has 0 bridgehead atoms. The molecule has 0 saturated carbocycles. The van der Waals surface area contributed by atoms with Crippen LogP contribution in [0, 0.1) is 11.3 Å². The molecule has 0 spiro atoms. The molecule has 1 rings (SSSR count). The summed E-state index contributed by atoms with van der Waals surface area (Å²) in [5.74, 6) is 0.425. The second-order valence-corrected chi connectivity index (χ2v) is 4.61. The second-order valence-electron chi connectivity index (χ2n) is 4.61. The molecule has 0 nitrogen and oxygen atoms in total. The molecule has 0 amide bonds. The molecule has 0 fully saturated rings. The Bertz CT molecular complexity index is 228. The van der Waals surface area contributed by atoms with Gasteiger partial charge in [-0.25, -0.2) is 4.39 Å². The fraction of sp³-hybridized carbons (Fsp3) is 0.636. The molecule has 0 aromatic rings. The summed E-state index contributed by atoms with van der Waals surface area (Å²) in [4.78, 5) is 0. The van der Waals surface area contributed by atoms with Crippen molar-refractivity contribution >= 4 is 0 Å². The first-order valence-corrected chi connectivity index (χ1v) is 4.48. The molecule has 0 aromatic carbocycles. The fourth-order valence-electron chi connectivity index (χ4n) is 1.47. The molecule has 0 saturated heterocycles. The molecule has 1 unspecified atom stereocenters. The van der Waals surface area contributed by atoms with E-state index >= 15 is 0 Å². The van der Waals surface area contributed by atoms with Crippen LogP contribution in [-0.2, 0) is 0 Å². The lowest BCUT2D eigenvalue weighted by Gasteiger charge is -2.25. The van der Waals surface area contributed by atoms with Gasteiger partial charge in [-0.1, -0.05) is 39.8 Å². The highest BCUT2D eigenvalue weighted by Gasteiger charge is 2.22. The first kappa shape index (κ1) is 9.50. The van der Waals surface area contributed by atoms with Gasteiger partial charge >= 0.3 is 0 Å². The van der Waals surface area contributed by atoms with Gasteiger partial charge < -0.3 is 0 Å². The first-order chi connectivity index (χ1) is 5.41. The summed E-state index contributed by atoms with van der Waals surface area (Å²) >= 11 is 0. The van der Waals surface area contributed by atoms with Gasteiger partial charge in [0.1, 0.15) is 5.83 Å². The average Bonchev–Trinajstić information content (AvgIpc) is 1.83. The van der Waals surface area contributed by atoms with E-state index in [1.54, 1.807) is 0 Å². The lowest BCUT2D eigenvalue weighted by Crippen LogP contribution is -2.13. The molecule has 1 heteroatoms. The van der Waals surface area contributed by atoms with Crippen LogP contribution in [0.25, 0.3) is 0 Å². The van der Waals surface area contributed by atoms with Crippen molar-refractivity contribution < 1.29 is 4.39 Å². The van der Waals surface area contributed by atoms with Crippen LogP contribution < -0.4 is 0 Å². The Labute approximate surface area is 74.2 Å². The van der Waals surface area contributed by atoms with Crippen molar-refractivity contribution in [3.8, 4) is 0 Å². The van der Waals surface area contributed by atoms with Crippen LogP contribution in [0.4, 0.5) is 4.39 Å². The van der Waals surface area contributed by atoms with Gasteiger partial charge in [0.25, 0.3) is 0 Å². The maximum absolute atomic E-state index is 13.4. The maximum Gasteiger partial charge on any atom is 0.104 e. The Morgan fingerprint density at radius 3 is 2.42 bits per heavy atom. The van der Waals surface area contributed by atoms with Crippen LogP contribution in [0.1, 0.15) is 34.1 Å².